The summed E-state index contributed by atoms with van der Waals surface area (Å²) in [6, 6.07) is 9.72. The fourth-order valence-electron chi connectivity index (χ4n) is 1.94. The molecule has 2 rings (SSSR count). The first kappa shape index (κ1) is 16.5. The first-order valence-corrected chi connectivity index (χ1v) is 8.12. The predicted octanol–water partition coefficient (Wildman–Crippen LogP) is 4.21. The zero-order valence-corrected chi connectivity index (χ0v) is 14.4. The van der Waals surface area contributed by atoms with Crippen LogP contribution < -0.4 is 10.6 Å². The van der Waals surface area contributed by atoms with Gasteiger partial charge < -0.3 is 15.4 Å². The zero-order chi connectivity index (χ0) is 16.1. The highest BCUT2D eigenvalue weighted by Crippen LogP contribution is 2.29. The molecule has 6 heteroatoms. The Morgan fingerprint density at radius 3 is 2.68 bits per heavy atom. The minimum atomic E-state index is -0.364. The highest BCUT2D eigenvalue weighted by molar-refractivity contribution is 7.80. The molecule has 0 spiro atoms. The lowest BCUT2D eigenvalue weighted by Crippen LogP contribution is -2.20. The molecule has 0 aliphatic rings. The predicted molar refractivity (Wildman–Crippen MR) is 96.1 cm³/mol. The second-order valence-corrected chi connectivity index (χ2v) is 6.24. The second-order valence-electron chi connectivity index (χ2n) is 4.69. The lowest BCUT2D eigenvalue weighted by atomic mass is 10.2. The molecule has 0 saturated heterocycles. The summed E-state index contributed by atoms with van der Waals surface area (Å²) in [4.78, 5) is 12.9. The van der Waals surface area contributed by atoms with Gasteiger partial charge >= 0.3 is 5.97 Å². The van der Waals surface area contributed by atoms with E-state index in [1.165, 1.54) is 18.4 Å². The second kappa shape index (κ2) is 7.38. The fraction of sp³-hybridized carbons (Fsp3) is 0.250. The summed E-state index contributed by atoms with van der Waals surface area (Å²) in [6.07, 6.45) is 0.855. The molecule has 1 aromatic carbocycles. The molecule has 0 atom stereocenters. The Balaban J connectivity index is 2.16. The smallest absolute Gasteiger partial charge is 0.340 e. The number of aryl methyl sites for hydroxylation is 2. The number of anilines is 2. The molecule has 116 valence electrons. The van der Waals surface area contributed by atoms with Crippen molar-refractivity contribution in [2.45, 2.75) is 20.3 Å². The van der Waals surface area contributed by atoms with E-state index in [1.54, 1.807) is 0 Å². The molecule has 1 heterocycles. The number of carbonyl (C=O) groups excluding carboxylic acids is 1. The van der Waals surface area contributed by atoms with Gasteiger partial charge in [-0.3, -0.25) is 0 Å². The van der Waals surface area contributed by atoms with Gasteiger partial charge in [-0.2, -0.15) is 0 Å². The molecule has 0 saturated carbocycles. The van der Waals surface area contributed by atoms with E-state index >= 15 is 0 Å². The Hall–Kier alpha value is -1.92. The largest absolute Gasteiger partial charge is 0.465 e. The van der Waals surface area contributed by atoms with E-state index in [1.807, 2.05) is 44.2 Å². The monoisotopic (exact) mass is 334 g/mol. The third-order valence-corrected chi connectivity index (χ3v) is 4.56. The standard InChI is InChI=1S/C16H18N2O2S2/c1-4-11-9-12(15(19)20-3)14(22-11)18-16(21)17-13-8-6-5-7-10(13)2/h5-9H,4H2,1-3H3,(H2,17,18,21). The van der Waals surface area contributed by atoms with Gasteiger partial charge in [-0.15, -0.1) is 11.3 Å². The van der Waals surface area contributed by atoms with Crippen LogP contribution in [0.15, 0.2) is 30.3 Å². The van der Waals surface area contributed by atoms with Crippen molar-refractivity contribution in [3.63, 3.8) is 0 Å². The van der Waals surface area contributed by atoms with Crippen LogP contribution in [-0.4, -0.2) is 18.2 Å². The first-order valence-electron chi connectivity index (χ1n) is 6.89. The van der Waals surface area contributed by atoms with Gasteiger partial charge in [-0.05, 0) is 43.3 Å². The van der Waals surface area contributed by atoms with Crippen LogP contribution in [0.1, 0.15) is 27.7 Å². The lowest BCUT2D eigenvalue weighted by Gasteiger charge is -2.12. The average molecular weight is 334 g/mol. The molecule has 2 aromatic rings. The third kappa shape index (κ3) is 3.84. The number of carbonyl (C=O) groups is 1. The summed E-state index contributed by atoms with van der Waals surface area (Å²) in [5, 5.41) is 7.39. The van der Waals surface area contributed by atoms with Gasteiger partial charge in [-0.25, -0.2) is 4.79 Å². The summed E-state index contributed by atoms with van der Waals surface area (Å²) in [6.45, 7) is 4.05. The molecule has 1 aromatic heterocycles. The van der Waals surface area contributed by atoms with Gasteiger partial charge in [0.05, 0.1) is 12.7 Å². The van der Waals surface area contributed by atoms with Crippen LogP contribution in [0, 0.1) is 6.92 Å². The molecule has 22 heavy (non-hydrogen) atoms. The van der Waals surface area contributed by atoms with Gasteiger partial charge in [0.25, 0.3) is 0 Å². The number of para-hydroxylation sites is 1. The minimum absolute atomic E-state index is 0.364. The van der Waals surface area contributed by atoms with E-state index in [2.05, 4.69) is 10.6 Å². The Kier molecular flexibility index (Phi) is 5.51. The number of thiophene rings is 1. The Morgan fingerprint density at radius 1 is 1.32 bits per heavy atom. The highest BCUT2D eigenvalue weighted by atomic mass is 32.1. The van der Waals surface area contributed by atoms with Crippen LogP contribution in [0.2, 0.25) is 0 Å². The van der Waals surface area contributed by atoms with Gasteiger partial charge in [-0.1, -0.05) is 25.1 Å². The Morgan fingerprint density at radius 2 is 2.05 bits per heavy atom. The molecule has 0 fully saturated rings. The van der Waals surface area contributed by atoms with Crippen LogP contribution >= 0.6 is 23.6 Å². The number of nitrogens with one attached hydrogen (secondary N) is 2. The molecular formula is C16H18N2O2S2. The molecule has 0 aliphatic heterocycles. The van der Waals surface area contributed by atoms with Gasteiger partial charge in [0.1, 0.15) is 5.00 Å². The van der Waals surface area contributed by atoms with Gasteiger partial charge in [0.2, 0.25) is 0 Å². The summed E-state index contributed by atoms with van der Waals surface area (Å²) >= 11 is 6.84. The summed E-state index contributed by atoms with van der Waals surface area (Å²) < 4.78 is 4.82. The van der Waals surface area contributed by atoms with E-state index in [0.29, 0.717) is 15.7 Å². The van der Waals surface area contributed by atoms with E-state index < -0.39 is 0 Å². The normalized spacial score (nSPS) is 10.1. The number of rotatable bonds is 4. The molecule has 2 N–H and O–H groups in total. The van der Waals surface area contributed by atoms with E-state index in [-0.39, 0.29) is 5.97 Å². The number of benzene rings is 1. The van der Waals surface area contributed by atoms with Crippen molar-refractivity contribution >= 4 is 45.3 Å². The summed E-state index contributed by atoms with van der Waals surface area (Å²) in [5.41, 5.74) is 2.55. The third-order valence-electron chi connectivity index (χ3n) is 3.16. The van der Waals surface area contributed by atoms with Gasteiger partial charge in [0.15, 0.2) is 5.11 Å². The van der Waals surface area contributed by atoms with Crippen LogP contribution in [0.4, 0.5) is 10.7 Å². The van der Waals surface area contributed by atoms with Crippen molar-refractivity contribution < 1.29 is 9.53 Å². The van der Waals surface area contributed by atoms with E-state index in [4.69, 9.17) is 17.0 Å². The molecule has 0 radical (unpaired) electrons. The maximum atomic E-state index is 11.8. The first-order chi connectivity index (χ1) is 10.5. The van der Waals surface area contributed by atoms with Gasteiger partial charge in [0, 0.05) is 10.6 Å². The number of esters is 1. The number of methoxy groups -OCH3 is 1. The maximum Gasteiger partial charge on any atom is 0.340 e. The van der Waals surface area contributed by atoms with Crippen LogP contribution in [-0.2, 0) is 11.2 Å². The summed E-state index contributed by atoms with van der Waals surface area (Å²) in [7, 11) is 1.37. The zero-order valence-electron chi connectivity index (χ0n) is 12.7. The molecule has 0 bridgehead atoms. The molecule has 0 amide bonds. The van der Waals surface area contributed by atoms with E-state index in [0.717, 1.165) is 22.5 Å². The van der Waals surface area contributed by atoms with Crippen molar-refractivity contribution in [3.8, 4) is 0 Å². The number of ether oxygens (including phenoxy) is 1. The van der Waals surface area contributed by atoms with Crippen molar-refractivity contribution in [2.75, 3.05) is 17.7 Å². The molecule has 0 unspecified atom stereocenters. The average Bonchev–Trinajstić information content (AvgIpc) is 2.91. The highest BCUT2D eigenvalue weighted by Gasteiger charge is 2.17. The SMILES string of the molecule is CCc1cc(C(=O)OC)c(NC(=S)Nc2ccccc2C)s1. The maximum absolute atomic E-state index is 11.8. The Bertz CT molecular complexity index is 695. The topological polar surface area (TPSA) is 50.4 Å². The summed E-state index contributed by atoms with van der Waals surface area (Å²) in [5.74, 6) is -0.364. The number of hydrogen-bond acceptors (Lipinski definition) is 4. The Labute approximate surface area is 139 Å². The van der Waals surface area contributed by atoms with Crippen LogP contribution in [0.5, 0.6) is 0 Å². The van der Waals surface area contributed by atoms with Crippen molar-refractivity contribution in [3.05, 3.63) is 46.3 Å². The lowest BCUT2D eigenvalue weighted by molar-refractivity contribution is 0.0602. The number of hydrogen-bond donors (Lipinski definition) is 2. The molecule has 0 aliphatic carbocycles. The molecule has 4 nitrogen and oxygen atoms in total. The van der Waals surface area contributed by atoms with Crippen LogP contribution in [0.25, 0.3) is 0 Å². The minimum Gasteiger partial charge on any atom is -0.465 e. The quantitative estimate of drug-likeness (QED) is 0.648. The molecular weight excluding hydrogens is 316 g/mol. The van der Waals surface area contributed by atoms with Crippen molar-refractivity contribution in [1.29, 1.82) is 0 Å². The fourth-order valence-corrected chi connectivity index (χ4v) is 3.21. The van der Waals surface area contributed by atoms with Crippen LogP contribution in [0.3, 0.4) is 0 Å². The van der Waals surface area contributed by atoms with E-state index in [9.17, 15) is 4.79 Å². The van der Waals surface area contributed by atoms with Crippen molar-refractivity contribution in [2.24, 2.45) is 0 Å². The number of thiocarbonyl (C=S) groups is 1. The van der Waals surface area contributed by atoms with Crippen molar-refractivity contribution in [1.82, 2.24) is 0 Å².